The number of rotatable bonds is 2. The van der Waals surface area contributed by atoms with Crippen LogP contribution in [0.15, 0.2) is 12.1 Å². The van der Waals surface area contributed by atoms with Gasteiger partial charge in [0, 0.05) is 11.6 Å². The molecule has 8 heteroatoms. The Balaban J connectivity index is 3.27. The van der Waals surface area contributed by atoms with E-state index in [2.05, 4.69) is 0 Å². The fourth-order valence-electron chi connectivity index (χ4n) is 1.29. The van der Waals surface area contributed by atoms with Crippen LogP contribution >= 0.6 is 0 Å². The third kappa shape index (κ3) is 2.43. The molecule has 1 atom stereocenters. The predicted molar refractivity (Wildman–Crippen MR) is 49.0 cm³/mol. The highest BCUT2D eigenvalue weighted by atomic mass is 19.4. The molecule has 18 heavy (non-hydrogen) atoms. The van der Waals surface area contributed by atoms with Crippen molar-refractivity contribution < 1.29 is 30.7 Å². The predicted octanol–water partition coefficient (Wildman–Crippen LogP) is 3.47. The van der Waals surface area contributed by atoms with Gasteiger partial charge >= 0.3 is 12.1 Å². The van der Waals surface area contributed by atoms with Crippen molar-refractivity contribution in [3.63, 3.8) is 0 Å². The van der Waals surface area contributed by atoms with E-state index in [0.29, 0.717) is 6.07 Å². The van der Waals surface area contributed by atoms with E-state index in [0.717, 1.165) is 6.92 Å². The normalized spacial score (nSPS) is 14.7. The second-order valence-electron chi connectivity index (χ2n) is 3.72. The average Bonchev–Trinajstić information content (AvgIpc) is 2.20. The third-order valence-corrected chi connectivity index (χ3v) is 2.38. The fraction of sp³-hybridized carbons (Fsp3) is 0.400. The zero-order chi connectivity index (χ0) is 14.3. The second kappa shape index (κ2) is 4.42. The van der Waals surface area contributed by atoms with E-state index in [4.69, 9.17) is 5.73 Å². The van der Waals surface area contributed by atoms with Crippen LogP contribution in [0.1, 0.15) is 17.2 Å². The molecule has 1 aromatic rings. The molecular formula is C10H8F7N. The lowest BCUT2D eigenvalue weighted by Gasteiger charge is -2.26. The van der Waals surface area contributed by atoms with Crippen LogP contribution in [-0.2, 0) is 0 Å². The Hall–Kier alpha value is -1.31. The molecule has 0 fully saturated rings. The molecule has 1 rings (SSSR count). The molecule has 0 saturated heterocycles. The summed E-state index contributed by atoms with van der Waals surface area (Å²) in [4.78, 5) is 0. The van der Waals surface area contributed by atoms with Crippen molar-refractivity contribution in [3.05, 3.63) is 34.9 Å². The second-order valence-corrected chi connectivity index (χ2v) is 3.72. The van der Waals surface area contributed by atoms with Crippen molar-refractivity contribution in [2.45, 2.75) is 25.1 Å². The largest absolute Gasteiger partial charge is 0.455 e. The summed E-state index contributed by atoms with van der Waals surface area (Å²) in [6, 6.07) is -2.18. The smallest absolute Gasteiger partial charge is 0.319 e. The van der Waals surface area contributed by atoms with Crippen molar-refractivity contribution in [2.75, 3.05) is 0 Å². The van der Waals surface area contributed by atoms with Gasteiger partial charge in [0.05, 0.1) is 0 Å². The topological polar surface area (TPSA) is 26.0 Å². The number of nitrogens with two attached hydrogens (primary N) is 1. The summed E-state index contributed by atoms with van der Waals surface area (Å²) >= 11 is 0. The molecule has 0 amide bonds. The van der Waals surface area contributed by atoms with E-state index < -0.39 is 35.3 Å². The molecule has 1 aromatic carbocycles. The molecule has 0 spiro atoms. The Morgan fingerprint density at radius 3 is 1.94 bits per heavy atom. The molecule has 0 heterocycles. The summed E-state index contributed by atoms with van der Waals surface area (Å²) in [6.07, 6.45) is -5.92. The van der Waals surface area contributed by atoms with E-state index in [1.54, 1.807) is 0 Å². The first-order valence-electron chi connectivity index (χ1n) is 4.64. The van der Waals surface area contributed by atoms with Gasteiger partial charge in [-0.3, -0.25) is 0 Å². The van der Waals surface area contributed by atoms with E-state index in [1.807, 2.05) is 0 Å². The molecule has 2 N–H and O–H groups in total. The minimum absolute atomic E-state index is 0.219. The van der Waals surface area contributed by atoms with Gasteiger partial charge in [-0.25, -0.2) is 8.78 Å². The van der Waals surface area contributed by atoms with E-state index >= 15 is 0 Å². The SMILES string of the molecule is Cc1cc(C(N)C(F)(F)C(F)(F)F)c(F)cc1F. The lowest BCUT2D eigenvalue weighted by atomic mass is 9.98. The summed E-state index contributed by atoms with van der Waals surface area (Å²) in [5.74, 6) is -7.91. The Morgan fingerprint density at radius 1 is 1.00 bits per heavy atom. The van der Waals surface area contributed by atoms with Crippen LogP contribution < -0.4 is 5.73 Å². The third-order valence-electron chi connectivity index (χ3n) is 2.38. The van der Waals surface area contributed by atoms with Gasteiger partial charge in [-0.1, -0.05) is 0 Å². The zero-order valence-corrected chi connectivity index (χ0v) is 8.96. The van der Waals surface area contributed by atoms with Gasteiger partial charge in [-0.2, -0.15) is 22.0 Å². The standard InChI is InChI=1S/C10H8F7N/c1-4-2-5(7(12)3-6(4)11)8(18)9(13,14)10(15,16)17/h2-3,8H,18H2,1H3. The van der Waals surface area contributed by atoms with E-state index in [-0.39, 0.29) is 11.6 Å². The quantitative estimate of drug-likeness (QED) is 0.822. The molecule has 0 saturated carbocycles. The van der Waals surface area contributed by atoms with Crippen LogP contribution in [0.3, 0.4) is 0 Å². The van der Waals surface area contributed by atoms with Crippen LogP contribution in [0.4, 0.5) is 30.7 Å². The van der Waals surface area contributed by atoms with Crippen LogP contribution in [0.2, 0.25) is 0 Å². The first-order chi connectivity index (χ1) is 7.98. The molecule has 0 aliphatic carbocycles. The van der Waals surface area contributed by atoms with Crippen molar-refractivity contribution in [1.82, 2.24) is 0 Å². The minimum Gasteiger partial charge on any atom is -0.319 e. The monoisotopic (exact) mass is 275 g/mol. The maximum Gasteiger partial charge on any atom is 0.455 e. The molecule has 0 aliphatic heterocycles. The number of benzene rings is 1. The maximum absolute atomic E-state index is 13.2. The first kappa shape index (κ1) is 14.7. The van der Waals surface area contributed by atoms with E-state index in [9.17, 15) is 30.7 Å². The van der Waals surface area contributed by atoms with Crippen molar-refractivity contribution in [2.24, 2.45) is 5.73 Å². The Bertz CT molecular complexity index is 452. The summed E-state index contributed by atoms with van der Waals surface area (Å²) in [5, 5.41) is 0. The Morgan fingerprint density at radius 2 is 1.50 bits per heavy atom. The van der Waals surface area contributed by atoms with Gasteiger partial charge in [0.15, 0.2) is 0 Å². The summed E-state index contributed by atoms with van der Waals surface area (Å²) in [5.41, 5.74) is 3.38. The molecule has 0 bridgehead atoms. The van der Waals surface area contributed by atoms with Gasteiger partial charge in [0.25, 0.3) is 0 Å². The van der Waals surface area contributed by atoms with Crippen molar-refractivity contribution in [1.29, 1.82) is 0 Å². The molecular weight excluding hydrogens is 267 g/mol. The summed E-state index contributed by atoms with van der Waals surface area (Å²) in [7, 11) is 0. The number of alkyl halides is 5. The highest BCUT2D eigenvalue weighted by molar-refractivity contribution is 5.29. The first-order valence-corrected chi connectivity index (χ1v) is 4.64. The van der Waals surface area contributed by atoms with Gasteiger partial charge in [-0.05, 0) is 18.6 Å². The number of hydrogen-bond donors (Lipinski definition) is 1. The number of aryl methyl sites for hydroxylation is 1. The summed E-state index contributed by atoms with van der Waals surface area (Å²) < 4.78 is 88.0. The fourth-order valence-corrected chi connectivity index (χ4v) is 1.29. The maximum atomic E-state index is 13.2. The average molecular weight is 275 g/mol. The minimum atomic E-state index is -5.92. The van der Waals surface area contributed by atoms with Crippen LogP contribution in [0, 0.1) is 18.6 Å². The van der Waals surface area contributed by atoms with Crippen molar-refractivity contribution in [3.8, 4) is 0 Å². The molecule has 0 aliphatic rings. The van der Waals surface area contributed by atoms with Crippen LogP contribution in [0.25, 0.3) is 0 Å². The highest BCUT2D eigenvalue weighted by Crippen LogP contribution is 2.43. The Kier molecular flexibility index (Phi) is 3.62. The van der Waals surface area contributed by atoms with Gasteiger partial charge in [-0.15, -0.1) is 0 Å². The van der Waals surface area contributed by atoms with E-state index in [1.165, 1.54) is 0 Å². The molecule has 0 aromatic heterocycles. The lowest BCUT2D eigenvalue weighted by Crippen LogP contribution is -2.46. The Labute approximate surface area is 97.4 Å². The number of halogens is 7. The number of hydrogen-bond acceptors (Lipinski definition) is 1. The van der Waals surface area contributed by atoms with Crippen LogP contribution in [-0.4, -0.2) is 12.1 Å². The highest BCUT2D eigenvalue weighted by Gasteiger charge is 2.62. The molecule has 1 nitrogen and oxygen atoms in total. The van der Waals surface area contributed by atoms with Gasteiger partial charge in [0.2, 0.25) is 0 Å². The molecule has 1 unspecified atom stereocenters. The van der Waals surface area contributed by atoms with Gasteiger partial charge in [0.1, 0.15) is 17.7 Å². The van der Waals surface area contributed by atoms with Crippen LogP contribution in [0.5, 0.6) is 0 Å². The lowest BCUT2D eigenvalue weighted by molar-refractivity contribution is -0.291. The molecule has 0 radical (unpaired) electrons. The van der Waals surface area contributed by atoms with Crippen molar-refractivity contribution >= 4 is 0 Å². The molecule has 102 valence electrons. The van der Waals surface area contributed by atoms with Gasteiger partial charge < -0.3 is 5.73 Å². The zero-order valence-electron chi connectivity index (χ0n) is 8.96. The summed E-state index contributed by atoms with van der Waals surface area (Å²) in [6.45, 7) is 1.09.